The Morgan fingerprint density at radius 2 is 2.12 bits per heavy atom. The Morgan fingerprint density at radius 1 is 1.29 bits per heavy atom. The maximum Gasteiger partial charge on any atom is 0.149 e. The fourth-order valence-corrected chi connectivity index (χ4v) is 1.85. The second-order valence-corrected chi connectivity index (χ2v) is 4.08. The number of fused-ring (bicyclic) bond motifs is 1. The van der Waals surface area contributed by atoms with Crippen molar-refractivity contribution >= 4 is 16.6 Å². The van der Waals surface area contributed by atoms with Crippen molar-refractivity contribution in [1.29, 1.82) is 0 Å². The second-order valence-electron chi connectivity index (χ2n) is 4.08. The summed E-state index contributed by atoms with van der Waals surface area (Å²) in [5.41, 5.74) is 2.36. The van der Waals surface area contributed by atoms with Crippen LogP contribution in [0.15, 0.2) is 24.3 Å². The van der Waals surface area contributed by atoms with Gasteiger partial charge in [-0.15, -0.1) is 0 Å². The Kier molecular flexibility index (Phi) is 3.57. The first-order chi connectivity index (χ1) is 8.26. The highest BCUT2D eigenvalue weighted by Crippen LogP contribution is 2.25. The number of nitrogens with one attached hydrogen (secondary N) is 1. The number of halogens is 1. The van der Waals surface area contributed by atoms with Gasteiger partial charge in [0, 0.05) is 23.3 Å². The van der Waals surface area contributed by atoms with E-state index in [0.717, 1.165) is 36.2 Å². The van der Waals surface area contributed by atoms with E-state index in [1.54, 1.807) is 6.07 Å². The van der Waals surface area contributed by atoms with Crippen molar-refractivity contribution in [3.8, 4) is 0 Å². The smallest absolute Gasteiger partial charge is 0.149 e. The quantitative estimate of drug-likeness (QED) is 0.868. The summed E-state index contributed by atoms with van der Waals surface area (Å²) in [6, 6.07) is 7.10. The Hall–Kier alpha value is -1.64. The van der Waals surface area contributed by atoms with E-state index in [-0.39, 0.29) is 5.82 Å². The number of rotatable bonds is 4. The van der Waals surface area contributed by atoms with Gasteiger partial charge in [-0.1, -0.05) is 26.0 Å². The molecule has 0 aliphatic carbocycles. The number of benzene rings is 1. The summed E-state index contributed by atoms with van der Waals surface area (Å²) in [6.45, 7) is 5.02. The lowest BCUT2D eigenvalue weighted by molar-refractivity contribution is 0.636. The van der Waals surface area contributed by atoms with Gasteiger partial charge in [-0.25, -0.2) is 9.37 Å². The van der Waals surface area contributed by atoms with E-state index in [2.05, 4.69) is 17.2 Å². The molecule has 0 unspecified atom stereocenters. The van der Waals surface area contributed by atoms with Crippen molar-refractivity contribution in [2.24, 2.45) is 0 Å². The average molecular weight is 232 g/mol. The van der Waals surface area contributed by atoms with Gasteiger partial charge < -0.3 is 5.32 Å². The van der Waals surface area contributed by atoms with E-state index in [9.17, 15) is 4.39 Å². The maximum atomic E-state index is 13.7. The van der Waals surface area contributed by atoms with Crippen LogP contribution in [-0.2, 0) is 6.42 Å². The Bertz CT molecular complexity index is 523. The number of anilines is 1. The predicted molar refractivity (Wildman–Crippen MR) is 69.9 cm³/mol. The highest BCUT2D eigenvalue weighted by atomic mass is 19.1. The van der Waals surface area contributed by atoms with E-state index < -0.39 is 0 Å². The number of aromatic nitrogens is 1. The van der Waals surface area contributed by atoms with Crippen molar-refractivity contribution in [2.45, 2.75) is 26.7 Å². The average Bonchev–Trinajstić information content (AvgIpc) is 2.36. The van der Waals surface area contributed by atoms with Gasteiger partial charge in [0.1, 0.15) is 11.3 Å². The van der Waals surface area contributed by atoms with E-state index in [4.69, 9.17) is 0 Å². The third kappa shape index (κ3) is 2.38. The molecule has 0 radical (unpaired) electrons. The molecule has 2 aromatic rings. The van der Waals surface area contributed by atoms with Gasteiger partial charge in [0.15, 0.2) is 0 Å². The molecular formula is C14H17FN2. The summed E-state index contributed by atoms with van der Waals surface area (Å²) in [5.74, 6) is -0.252. The molecule has 0 atom stereocenters. The van der Waals surface area contributed by atoms with Crippen LogP contribution in [0.2, 0.25) is 0 Å². The monoisotopic (exact) mass is 232 g/mol. The topological polar surface area (TPSA) is 24.9 Å². The van der Waals surface area contributed by atoms with E-state index >= 15 is 0 Å². The number of para-hydroxylation sites is 1. The van der Waals surface area contributed by atoms with Crippen LogP contribution in [0.3, 0.4) is 0 Å². The lowest BCUT2D eigenvalue weighted by Crippen LogP contribution is -2.03. The minimum atomic E-state index is -0.252. The number of pyridine rings is 1. The van der Waals surface area contributed by atoms with Crippen LogP contribution in [0.25, 0.3) is 10.9 Å². The van der Waals surface area contributed by atoms with Crippen molar-refractivity contribution < 1.29 is 4.39 Å². The first-order valence-corrected chi connectivity index (χ1v) is 6.08. The molecule has 1 aromatic carbocycles. The summed E-state index contributed by atoms with van der Waals surface area (Å²) in [4.78, 5) is 4.35. The molecule has 1 aromatic heterocycles. The van der Waals surface area contributed by atoms with Crippen LogP contribution < -0.4 is 5.32 Å². The molecule has 0 saturated heterocycles. The van der Waals surface area contributed by atoms with E-state index in [0.29, 0.717) is 5.52 Å². The molecule has 90 valence electrons. The molecule has 2 rings (SSSR count). The molecule has 1 N–H and O–H groups in total. The van der Waals surface area contributed by atoms with Crippen LogP contribution in [-0.4, -0.2) is 11.5 Å². The lowest BCUT2D eigenvalue weighted by atomic mass is 10.1. The number of hydrogen-bond donors (Lipinski definition) is 1. The summed E-state index contributed by atoms with van der Waals surface area (Å²) < 4.78 is 13.7. The zero-order chi connectivity index (χ0) is 12.3. The van der Waals surface area contributed by atoms with Crippen molar-refractivity contribution in [2.75, 3.05) is 11.9 Å². The van der Waals surface area contributed by atoms with Crippen LogP contribution in [0.5, 0.6) is 0 Å². The molecule has 0 aliphatic rings. The molecule has 1 heterocycles. The van der Waals surface area contributed by atoms with Gasteiger partial charge >= 0.3 is 0 Å². The van der Waals surface area contributed by atoms with Crippen LogP contribution >= 0.6 is 0 Å². The molecule has 0 saturated carbocycles. The summed E-state index contributed by atoms with van der Waals surface area (Å²) in [7, 11) is 0. The molecular weight excluding hydrogens is 215 g/mol. The summed E-state index contributed by atoms with van der Waals surface area (Å²) >= 11 is 0. The molecule has 0 spiro atoms. The number of aryl methyl sites for hydroxylation is 1. The summed E-state index contributed by atoms with van der Waals surface area (Å²) in [5, 5.41) is 4.19. The molecule has 0 fully saturated rings. The molecule has 3 heteroatoms. The highest BCUT2D eigenvalue weighted by Gasteiger charge is 2.08. The van der Waals surface area contributed by atoms with Crippen LogP contribution in [0, 0.1) is 5.82 Å². The predicted octanol–water partition coefficient (Wildman–Crippen LogP) is 3.76. The van der Waals surface area contributed by atoms with Crippen molar-refractivity contribution in [3.63, 3.8) is 0 Å². The standard InChI is InChI=1S/C14H17FN2/c1-3-8-16-13-9-10(4-2)17-14-11(13)6-5-7-12(14)15/h5-7,9H,3-4,8H2,1-2H3,(H,16,17). The van der Waals surface area contributed by atoms with E-state index in [1.165, 1.54) is 6.07 Å². The Labute approximate surface area is 101 Å². The largest absolute Gasteiger partial charge is 0.384 e. The fraction of sp³-hybridized carbons (Fsp3) is 0.357. The summed E-state index contributed by atoms with van der Waals surface area (Å²) in [6.07, 6.45) is 1.85. The third-order valence-electron chi connectivity index (χ3n) is 2.77. The molecule has 0 bridgehead atoms. The molecule has 2 nitrogen and oxygen atoms in total. The number of nitrogens with zero attached hydrogens (tertiary/aromatic N) is 1. The molecule has 0 amide bonds. The number of hydrogen-bond acceptors (Lipinski definition) is 2. The van der Waals surface area contributed by atoms with Crippen molar-refractivity contribution in [1.82, 2.24) is 4.98 Å². The van der Waals surface area contributed by atoms with Crippen LogP contribution in [0.1, 0.15) is 26.0 Å². The highest BCUT2D eigenvalue weighted by molar-refractivity contribution is 5.91. The first-order valence-electron chi connectivity index (χ1n) is 6.08. The van der Waals surface area contributed by atoms with Gasteiger partial charge in [0.05, 0.1) is 0 Å². The van der Waals surface area contributed by atoms with Gasteiger partial charge in [0.25, 0.3) is 0 Å². The van der Waals surface area contributed by atoms with E-state index in [1.807, 2.05) is 19.1 Å². The van der Waals surface area contributed by atoms with Gasteiger partial charge in [-0.3, -0.25) is 0 Å². The minimum absolute atomic E-state index is 0.252. The first kappa shape index (κ1) is 11.8. The Balaban J connectivity index is 2.58. The fourth-order valence-electron chi connectivity index (χ4n) is 1.85. The minimum Gasteiger partial charge on any atom is -0.384 e. The Morgan fingerprint density at radius 3 is 2.82 bits per heavy atom. The normalized spacial score (nSPS) is 10.8. The molecule has 17 heavy (non-hydrogen) atoms. The third-order valence-corrected chi connectivity index (χ3v) is 2.77. The zero-order valence-electron chi connectivity index (χ0n) is 10.3. The molecule has 0 aliphatic heterocycles. The SMILES string of the molecule is CCCNc1cc(CC)nc2c(F)cccc12. The van der Waals surface area contributed by atoms with Gasteiger partial charge in [0.2, 0.25) is 0 Å². The van der Waals surface area contributed by atoms with Crippen molar-refractivity contribution in [3.05, 3.63) is 35.8 Å². The lowest BCUT2D eigenvalue weighted by Gasteiger charge is -2.11. The zero-order valence-corrected chi connectivity index (χ0v) is 10.3. The van der Waals surface area contributed by atoms with Crippen LogP contribution in [0.4, 0.5) is 10.1 Å². The maximum absolute atomic E-state index is 13.7. The van der Waals surface area contributed by atoms with Gasteiger partial charge in [-0.2, -0.15) is 0 Å². The second kappa shape index (κ2) is 5.13. The van der Waals surface area contributed by atoms with Gasteiger partial charge in [-0.05, 0) is 25.0 Å².